The molecule has 0 saturated carbocycles. The van der Waals surface area contributed by atoms with Crippen molar-refractivity contribution in [2.24, 2.45) is 0 Å². The van der Waals surface area contributed by atoms with Gasteiger partial charge in [-0.25, -0.2) is 9.50 Å². The number of amides is 1. The number of aromatic nitrogens is 4. The number of aryl methyl sites for hydroxylation is 1. The maximum Gasteiger partial charge on any atom is 0.257 e. The third-order valence-electron chi connectivity index (χ3n) is 5.61. The van der Waals surface area contributed by atoms with E-state index in [1.807, 2.05) is 72.4 Å². The Morgan fingerprint density at radius 2 is 1.78 bits per heavy atom. The molecule has 0 fully saturated rings. The SMILES string of the molecule is Cc1ccc(-c2ccnc3c(C(=O)NC(C)c4cccc(-n5cccc5)c4)cnn23)cc1. The lowest BCUT2D eigenvalue weighted by Gasteiger charge is -2.15. The predicted molar refractivity (Wildman–Crippen MR) is 125 cm³/mol. The van der Waals surface area contributed by atoms with Crippen LogP contribution < -0.4 is 5.32 Å². The Morgan fingerprint density at radius 3 is 2.56 bits per heavy atom. The monoisotopic (exact) mass is 421 g/mol. The van der Waals surface area contributed by atoms with E-state index in [9.17, 15) is 4.79 Å². The van der Waals surface area contributed by atoms with Gasteiger partial charge in [-0.15, -0.1) is 0 Å². The number of rotatable bonds is 5. The standard InChI is InChI=1S/C26H23N5O/c1-18-8-10-20(11-9-18)24-12-13-27-25-23(17-28-31(24)25)26(32)29-19(2)21-6-5-7-22(16-21)30-14-3-4-15-30/h3-17,19H,1-2H3,(H,29,32). The number of carbonyl (C=O) groups is 1. The summed E-state index contributed by atoms with van der Waals surface area (Å²) in [5.74, 6) is -0.201. The molecule has 1 N–H and O–H groups in total. The van der Waals surface area contributed by atoms with Gasteiger partial charge in [-0.05, 0) is 49.7 Å². The first kappa shape index (κ1) is 19.8. The van der Waals surface area contributed by atoms with Gasteiger partial charge >= 0.3 is 0 Å². The molecule has 6 heteroatoms. The number of hydrogen-bond donors (Lipinski definition) is 1. The normalized spacial score (nSPS) is 12.1. The van der Waals surface area contributed by atoms with Gasteiger partial charge in [-0.3, -0.25) is 4.79 Å². The van der Waals surface area contributed by atoms with Crippen LogP contribution in [0.4, 0.5) is 0 Å². The highest BCUT2D eigenvalue weighted by Crippen LogP contribution is 2.22. The van der Waals surface area contributed by atoms with Crippen molar-refractivity contribution in [2.45, 2.75) is 19.9 Å². The number of nitrogens with one attached hydrogen (secondary N) is 1. The van der Waals surface area contributed by atoms with E-state index in [-0.39, 0.29) is 11.9 Å². The maximum absolute atomic E-state index is 13.1. The molecule has 0 aliphatic carbocycles. The summed E-state index contributed by atoms with van der Waals surface area (Å²) >= 11 is 0. The molecule has 5 rings (SSSR count). The van der Waals surface area contributed by atoms with Gasteiger partial charge in [0.25, 0.3) is 5.91 Å². The fourth-order valence-electron chi connectivity index (χ4n) is 3.81. The van der Waals surface area contributed by atoms with Crippen LogP contribution in [0.5, 0.6) is 0 Å². The molecule has 1 unspecified atom stereocenters. The van der Waals surface area contributed by atoms with Gasteiger partial charge in [0.1, 0.15) is 5.56 Å². The number of benzene rings is 2. The van der Waals surface area contributed by atoms with Crippen LogP contribution in [0.15, 0.2) is 91.5 Å². The van der Waals surface area contributed by atoms with Crippen LogP contribution in [-0.2, 0) is 0 Å². The minimum Gasteiger partial charge on any atom is -0.345 e. The Balaban J connectivity index is 1.41. The van der Waals surface area contributed by atoms with Crippen LogP contribution in [0.3, 0.4) is 0 Å². The summed E-state index contributed by atoms with van der Waals surface area (Å²) in [6, 6.07) is 22.0. The molecule has 0 bridgehead atoms. The summed E-state index contributed by atoms with van der Waals surface area (Å²) in [4.78, 5) is 17.5. The van der Waals surface area contributed by atoms with Crippen LogP contribution >= 0.6 is 0 Å². The molecule has 3 aromatic heterocycles. The van der Waals surface area contributed by atoms with Crippen molar-refractivity contribution in [1.29, 1.82) is 0 Å². The van der Waals surface area contributed by atoms with Crippen molar-refractivity contribution < 1.29 is 4.79 Å². The Bertz CT molecular complexity index is 1380. The van der Waals surface area contributed by atoms with Crippen LogP contribution in [0.25, 0.3) is 22.6 Å². The smallest absolute Gasteiger partial charge is 0.257 e. The Labute approximate surface area is 186 Å². The Kier molecular flexibility index (Phi) is 5.03. The molecule has 0 aliphatic heterocycles. The number of fused-ring (bicyclic) bond motifs is 1. The summed E-state index contributed by atoms with van der Waals surface area (Å²) in [5.41, 5.74) is 6.16. The molecule has 0 spiro atoms. The number of nitrogens with zero attached hydrogens (tertiary/aromatic N) is 4. The zero-order valence-electron chi connectivity index (χ0n) is 17.9. The first-order chi connectivity index (χ1) is 15.6. The highest BCUT2D eigenvalue weighted by Gasteiger charge is 2.18. The molecule has 0 radical (unpaired) electrons. The maximum atomic E-state index is 13.1. The number of carbonyl (C=O) groups excluding carboxylic acids is 1. The first-order valence-electron chi connectivity index (χ1n) is 10.5. The van der Waals surface area contributed by atoms with E-state index in [0.717, 1.165) is 22.5 Å². The van der Waals surface area contributed by atoms with E-state index >= 15 is 0 Å². The predicted octanol–water partition coefficient (Wildman–Crippen LogP) is 4.99. The van der Waals surface area contributed by atoms with Gasteiger partial charge in [-0.1, -0.05) is 42.0 Å². The van der Waals surface area contributed by atoms with Crippen molar-refractivity contribution in [3.63, 3.8) is 0 Å². The van der Waals surface area contributed by atoms with Gasteiger partial charge in [0.05, 0.1) is 17.9 Å². The zero-order chi connectivity index (χ0) is 22.1. The van der Waals surface area contributed by atoms with Crippen LogP contribution in [0, 0.1) is 6.92 Å². The molecule has 32 heavy (non-hydrogen) atoms. The second-order valence-electron chi connectivity index (χ2n) is 7.87. The van der Waals surface area contributed by atoms with Gasteiger partial charge in [0.15, 0.2) is 5.65 Å². The van der Waals surface area contributed by atoms with Crippen LogP contribution in [0.2, 0.25) is 0 Å². The average Bonchev–Trinajstić information content (AvgIpc) is 3.50. The van der Waals surface area contributed by atoms with Crippen LogP contribution in [0.1, 0.15) is 34.5 Å². The quantitative estimate of drug-likeness (QED) is 0.435. The van der Waals surface area contributed by atoms with Crippen molar-refractivity contribution >= 4 is 11.6 Å². The summed E-state index contributed by atoms with van der Waals surface area (Å²) in [5, 5.41) is 7.54. The molecule has 2 aromatic carbocycles. The summed E-state index contributed by atoms with van der Waals surface area (Å²) in [7, 11) is 0. The fraction of sp³-hybridized carbons (Fsp3) is 0.115. The fourth-order valence-corrected chi connectivity index (χ4v) is 3.81. The second-order valence-corrected chi connectivity index (χ2v) is 7.87. The van der Waals surface area contributed by atoms with E-state index in [4.69, 9.17) is 0 Å². The molecule has 5 aromatic rings. The highest BCUT2D eigenvalue weighted by atomic mass is 16.1. The van der Waals surface area contributed by atoms with Gasteiger partial charge in [0.2, 0.25) is 0 Å². The molecular formula is C26H23N5O. The van der Waals surface area contributed by atoms with E-state index < -0.39 is 0 Å². The second kappa shape index (κ2) is 8.15. The van der Waals surface area contributed by atoms with Crippen molar-refractivity contribution in [3.8, 4) is 16.9 Å². The molecule has 1 atom stereocenters. The third-order valence-corrected chi connectivity index (χ3v) is 5.61. The Hall–Kier alpha value is -4.19. The first-order valence-corrected chi connectivity index (χ1v) is 10.5. The molecule has 3 heterocycles. The van der Waals surface area contributed by atoms with Crippen molar-refractivity contribution in [3.05, 3.63) is 108 Å². The van der Waals surface area contributed by atoms with E-state index in [1.54, 1.807) is 16.9 Å². The van der Waals surface area contributed by atoms with Gasteiger partial charge in [-0.2, -0.15) is 5.10 Å². The van der Waals surface area contributed by atoms with E-state index in [1.165, 1.54) is 5.56 Å². The highest BCUT2D eigenvalue weighted by molar-refractivity contribution is 6.00. The number of hydrogen-bond acceptors (Lipinski definition) is 3. The van der Waals surface area contributed by atoms with Crippen LogP contribution in [-0.4, -0.2) is 25.1 Å². The summed E-state index contributed by atoms with van der Waals surface area (Å²) in [6.45, 7) is 4.03. The molecule has 0 aliphatic rings. The molecule has 1 amide bonds. The van der Waals surface area contributed by atoms with E-state index in [0.29, 0.717) is 11.2 Å². The zero-order valence-corrected chi connectivity index (χ0v) is 17.9. The minimum atomic E-state index is -0.201. The lowest BCUT2D eigenvalue weighted by Crippen LogP contribution is -2.26. The molecule has 0 saturated heterocycles. The molecule has 158 valence electrons. The molecular weight excluding hydrogens is 398 g/mol. The summed E-state index contributed by atoms with van der Waals surface area (Å²) in [6.07, 6.45) is 7.29. The van der Waals surface area contributed by atoms with Crippen molar-refractivity contribution in [2.75, 3.05) is 0 Å². The molecule has 6 nitrogen and oxygen atoms in total. The lowest BCUT2D eigenvalue weighted by atomic mass is 10.1. The van der Waals surface area contributed by atoms with Gasteiger partial charge in [0, 0.05) is 29.8 Å². The Morgan fingerprint density at radius 1 is 1.00 bits per heavy atom. The topological polar surface area (TPSA) is 64.2 Å². The van der Waals surface area contributed by atoms with Gasteiger partial charge < -0.3 is 9.88 Å². The third kappa shape index (κ3) is 3.67. The lowest BCUT2D eigenvalue weighted by molar-refractivity contribution is 0.0941. The van der Waals surface area contributed by atoms with Crippen molar-refractivity contribution in [1.82, 2.24) is 24.5 Å². The summed E-state index contributed by atoms with van der Waals surface area (Å²) < 4.78 is 3.76. The minimum absolute atomic E-state index is 0.173. The average molecular weight is 422 g/mol. The van der Waals surface area contributed by atoms with E-state index in [2.05, 4.69) is 40.5 Å². The largest absolute Gasteiger partial charge is 0.345 e.